The van der Waals surface area contributed by atoms with Gasteiger partial charge in [-0.1, -0.05) is 35.2 Å². The molecule has 1 fully saturated rings. The average Bonchev–Trinajstić information content (AvgIpc) is 2.33. The SMILES string of the molecule is NCC1(Nc2ccc(Br)cc2)CCCCC1. The minimum absolute atomic E-state index is 0.131. The van der Waals surface area contributed by atoms with Crippen LogP contribution in [-0.4, -0.2) is 12.1 Å². The Morgan fingerprint density at radius 1 is 1.12 bits per heavy atom. The van der Waals surface area contributed by atoms with Crippen molar-refractivity contribution in [2.75, 3.05) is 11.9 Å². The fraction of sp³-hybridized carbons (Fsp3) is 0.538. The molecule has 0 saturated heterocycles. The van der Waals surface area contributed by atoms with Gasteiger partial charge < -0.3 is 11.1 Å². The Bertz CT molecular complexity index is 328. The highest BCUT2D eigenvalue weighted by Gasteiger charge is 2.30. The largest absolute Gasteiger partial charge is 0.378 e. The highest BCUT2D eigenvalue weighted by atomic mass is 79.9. The van der Waals surface area contributed by atoms with Crippen molar-refractivity contribution in [3.8, 4) is 0 Å². The van der Waals surface area contributed by atoms with Crippen molar-refractivity contribution in [2.45, 2.75) is 37.6 Å². The molecule has 2 rings (SSSR count). The fourth-order valence-corrected chi connectivity index (χ4v) is 2.71. The highest BCUT2D eigenvalue weighted by molar-refractivity contribution is 9.10. The van der Waals surface area contributed by atoms with Crippen LogP contribution in [0.4, 0.5) is 5.69 Å². The molecular weight excluding hydrogens is 264 g/mol. The van der Waals surface area contributed by atoms with Gasteiger partial charge >= 0.3 is 0 Å². The number of hydrogen-bond donors (Lipinski definition) is 2. The van der Waals surface area contributed by atoms with Gasteiger partial charge in [0.2, 0.25) is 0 Å². The summed E-state index contributed by atoms with van der Waals surface area (Å²) in [6, 6.07) is 8.34. The number of rotatable bonds is 3. The lowest BCUT2D eigenvalue weighted by Crippen LogP contribution is -2.46. The van der Waals surface area contributed by atoms with Gasteiger partial charge in [0.15, 0.2) is 0 Å². The molecule has 1 aliphatic rings. The Labute approximate surface area is 106 Å². The average molecular weight is 283 g/mol. The molecular formula is C13H19BrN2. The molecule has 16 heavy (non-hydrogen) atoms. The lowest BCUT2D eigenvalue weighted by Gasteiger charge is -2.38. The van der Waals surface area contributed by atoms with E-state index in [4.69, 9.17) is 5.73 Å². The van der Waals surface area contributed by atoms with Crippen LogP contribution in [0.25, 0.3) is 0 Å². The van der Waals surface area contributed by atoms with Crippen LogP contribution in [0.5, 0.6) is 0 Å². The topological polar surface area (TPSA) is 38.0 Å². The number of benzene rings is 1. The first-order valence-electron chi connectivity index (χ1n) is 5.98. The molecule has 0 radical (unpaired) electrons. The first kappa shape index (κ1) is 11.9. The Balaban J connectivity index is 2.08. The van der Waals surface area contributed by atoms with E-state index in [2.05, 4.69) is 45.5 Å². The van der Waals surface area contributed by atoms with Crippen molar-refractivity contribution >= 4 is 21.6 Å². The third-order valence-electron chi connectivity index (χ3n) is 3.46. The molecule has 1 aliphatic carbocycles. The Morgan fingerprint density at radius 2 is 1.75 bits per heavy atom. The van der Waals surface area contributed by atoms with Crippen molar-refractivity contribution < 1.29 is 0 Å². The van der Waals surface area contributed by atoms with Crippen molar-refractivity contribution in [2.24, 2.45) is 5.73 Å². The lowest BCUT2D eigenvalue weighted by atomic mass is 9.81. The molecule has 1 aromatic carbocycles. The maximum atomic E-state index is 5.94. The van der Waals surface area contributed by atoms with Gasteiger partial charge in [-0.25, -0.2) is 0 Å². The Morgan fingerprint density at radius 3 is 2.31 bits per heavy atom. The van der Waals surface area contributed by atoms with Crippen LogP contribution in [0.1, 0.15) is 32.1 Å². The molecule has 3 N–H and O–H groups in total. The second-order valence-corrected chi connectivity index (χ2v) is 5.59. The summed E-state index contributed by atoms with van der Waals surface area (Å²) >= 11 is 3.45. The minimum Gasteiger partial charge on any atom is -0.378 e. The van der Waals surface area contributed by atoms with Crippen LogP contribution in [0.15, 0.2) is 28.7 Å². The molecule has 0 heterocycles. The molecule has 0 bridgehead atoms. The molecule has 2 nitrogen and oxygen atoms in total. The summed E-state index contributed by atoms with van der Waals surface area (Å²) in [6.45, 7) is 0.725. The predicted molar refractivity (Wildman–Crippen MR) is 72.6 cm³/mol. The van der Waals surface area contributed by atoms with E-state index >= 15 is 0 Å². The second-order valence-electron chi connectivity index (χ2n) is 4.68. The summed E-state index contributed by atoms with van der Waals surface area (Å²) in [6.07, 6.45) is 6.32. The van der Waals surface area contributed by atoms with Crippen LogP contribution in [0.2, 0.25) is 0 Å². The monoisotopic (exact) mass is 282 g/mol. The third-order valence-corrected chi connectivity index (χ3v) is 3.98. The van der Waals surface area contributed by atoms with E-state index in [1.165, 1.54) is 37.8 Å². The molecule has 0 spiro atoms. The van der Waals surface area contributed by atoms with Gasteiger partial charge in [0.25, 0.3) is 0 Å². The zero-order valence-corrected chi connectivity index (χ0v) is 11.1. The van der Waals surface area contributed by atoms with Crippen LogP contribution in [0.3, 0.4) is 0 Å². The van der Waals surface area contributed by atoms with Crippen LogP contribution >= 0.6 is 15.9 Å². The van der Waals surface area contributed by atoms with Gasteiger partial charge in [0.1, 0.15) is 0 Å². The van der Waals surface area contributed by atoms with E-state index in [9.17, 15) is 0 Å². The third kappa shape index (κ3) is 2.77. The fourth-order valence-electron chi connectivity index (χ4n) is 2.45. The van der Waals surface area contributed by atoms with Crippen LogP contribution < -0.4 is 11.1 Å². The molecule has 0 atom stereocenters. The normalized spacial score (nSPS) is 19.4. The zero-order valence-electron chi connectivity index (χ0n) is 9.51. The molecule has 88 valence electrons. The van der Waals surface area contributed by atoms with E-state index in [0.29, 0.717) is 0 Å². The molecule has 1 saturated carbocycles. The summed E-state index contributed by atoms with van der Waals surface area (Å²) in [7, 11) is 0. The van der Waals surface area contributed by atoms with Gasteiger partial charge in [0.05, 0.1) is 0 Å². The van der Waals surface area contributed by atoms with Crippen molar-refractivity contribution in [3.63, 3.8) is 0 Å². The number of nitrogens with one attached hydrogen (secondary N) is 1. The highest BCUT2D eigenvalue weighted by Crippen LogP contribution is 2.31. The van der Waals surface area contributed by atoms with Gasteiger partial charge in [-0.05, 0) is 37.1 Å². The number of halogens is 1. The Kier molecular flexibility index (Phi) is 3.87. The summed E-state index contributed by atoms with van der Waals surface area (Å²) in [4.78, 5) is 0. The second kappa shape index (κ2) is 5.19. The van der Waals surface area contributed by atoms with Gasteiger partial charge in [0, 0.05) is 22.2 Å². The summed E-state index contributed by atoms with van der Waals surface area (Å²) in [5.74, 6) is 0. The summed E-state index contributed by atoms with van der Waals surface area (Å²) in [5, 5.41) is 3.63. The minimum atomic E-state index is 0.131. The first-order chi connectivity index (χ1) is 7.74. The molecule has 0 aromatic heterocycles. The molecule has 1 aromatic rings. The van der Waals surface area contributed by atoms with E-state index in [1.807, 2.05) is 0 Å². The lowest BCUT2D eigenvalue weighted by molar-refractivity contribution is 0.331. The zero-order chi connectivity index (χ0) is 11.4. The standard InChI is InChI=1S/C13H19BrN2/c14-11-4-6-12(7-5-11)16-13(10-15)8-2-1-3-9-13/h4-7,16H,1-3,8-10,15H2. The quantitative estimate of drug-likeness (QED) is 0.890. The van der Waals surface area contributed by atoms with E-state index in [0.717, 1.165) is 11.0 Å². The number of hydrogen-bond acceptors (Lipinski definition) is 2. The van der Waals surface area contributed by atoms with Crippen LogP contribution in [0, 0.1) is 0 Å². The number of anilines is 1. The predicted octanol–water partition coefficient (Wildman–Crippen LogP) is 3.52. The molecule has 0 unspecified atom stereocenters. The van der Waals surface area contributed by atoms with Gasteiger partial charge in [-0.2, -0.15) is 0 Å². The van der Waals surface area contributed by atoms with Gasteiger partial charge in [-0.15, -0.1) is 0 Å². The Hall–Kier alpha value is -0.540. The first-order valence-corrected chi connectivity index (χ1v) is 6.77. The maximum absolute atomic E-state index is 5.94. The van der Waals surface area contributed by atoms with E-state index in [-0.39, 0.29) is 5.54 Å². The smallest absolute Gasteiger partial charge is 0.0495 e. The van der Waals surface area contributed by atoms with Crippen molar-refractivity contribution in [1.29, 1.82) is 0 Å². The molecule has 3 heteroatoms. The van der Waals surface area contributed by atoms with Gasteiger partial charge in [-0.3, -0.25) is 0 Å². The molecule has 0 amide bonds. The van der Waals surface area contributed by atoms with E-state index in [1.54, 1.807) is 0 Å². The van der Waals surface area contributed by atoms with E-state index < -0.39 is 0 Å². The maximum Gasteiger partial charge on any atom is 0.0495 e. The van der Waals surface area contributed by atoms with Crippen molar-refractivity contribution in [1.82, 2.24) is 0 Å². The number of nitrogens with two attached hydrogens (primary N) is 1. The summed E-state index contributed by atoms with van der Waals surface area (Å²) < 4.78 is 1.11. The molecule has 0 aliphatic heterocycles. The summed E-state index contributed by atoms with van der Waals surface area (Å²) in [5.41, 5.74) is 7.25. The van der Waals surface area contributed by atoms with Crippen LogP contribution in [-0.2, 0) is 0 Å². The van der Waals surface area contributed by atoms with Crippen molar-refractivity contribution in [3.05, 3.63) is 28.7 Å².